The highest BCUT2D eigenvalue weighted by Gasteiger charge is 2.38. The third kappa shape index (κ3) is 4.93. The molecule has 176 valence electrons. The average molecular weight is 490 g/mol. The summed E-state index contributed by atoms with van der Waals surface area (Å²) in [7, 11) is -3.60. The maximum atomic E-state index is 13.1. The van der Waals surface area contributed by atoms with Crippen molar-refractivity contribution in [2.45, 2.75) is 56.5 Å². The Kier molecular flexibility index (Phi) is 7.07. The van der Waals surface area contributed by atoms with Gasteiger partial charge < -0.3 is 5.32 Å². The molecule has 2 aliphatic heterocycles. The van der Waals surface area contributed by atoms with Crippen LogP contribution >= 0.6 is 11.6 Å². The Morgan fingerprint density at radius 2 is 1.85 bits per heavy atom. The Hall–Kier alpha value is -2.42. The second-order valence-corrected chi connectivity index (χ2v) is 10.8. The van der Waals surface area contributed by atoms with Gasteiger partial charge in [-0.1, -0.05) is 37.1 Å². The van der Waals surface area contributed by atoms with Crippen molar-refractivity contribution in [3.63, 3.8) is 0 Å². The first-order valence-corrected chi connectivity index (χ1v) is 13.1. The van der Waals surface area contributed by atoms with Gasteiger partial charge in [-0.3, -0.25) is 14.5 Å². The van der Waals surface area contributed by atoms with Crippen LogP contribution in [0.25, 0.3) is 0 Å². The zero-order valence-electron chi connectivity index (χ0n) is 18.6. The Balaban J connectivity index is 1.57. The number of hydrogen-bond acceptors (Lipinski definition) is 4. The van der Waals surface area contributed by atoms with Crippen molar-refractivity contribution in [2.24, 2.45) is 0 Å². The lowest BCUT2D eigenvalue weighted by Crippen LogP contribution is -2.47. The van der Waals surface area contributed by atoms with Crippen molar-refractivity contribution < 1.29 is 18.0 Å². The maximum Gasteiger partial charge on any atom is 0.243 e. The number of carbonyl (C=O) groups is 2. The molecule has 1 N–H and O–H groups in total. The van der Waals surface area contributed by atoms with Gasteiger partial charge in [-0.15, -0.1) is 0 Å². The van der Waals surface area contributed by atoms with Gasteiger partial charge in [-0.25, -0.2) is 8.42 Å². The van der Waals surface area contributed by atoms with E-state index in [2.05, 4.69) is 5.32 Å². The van der Waals surface area contributed by atoms with E-state index in [-0.39, 0.29) is 36.1 Å². The number of carbonyl (C=O) groups excluding carboxylic acids is 2. The molecule has 2 heterocycles. The number of nitrogens with zero attached hydrogens (tertiary/aromatic N) is 2. The maximum absolute atomic E-state index is 13.1. The highest BCUT2D eigenvalue weighted by Crippen LogP contribution is 2.35. The third-order valence-corrected chi connectivity index (χ3v) is 8.35. The quantitative estimate of drug-likeness (QED) is 0.672. The summed E-state index contributed by atoms with van der Waals surface area (Å²) in [5.41, 5.74) is 2.15. The summed E-state index contributed by atoms with van der Waals surface area (Å²) in [6.07, 6.45) is 3.27. The minimum atomic E-state index is -3.60. The highest BCUT2D eigenvalue weighted by molar-refractivity contribution is 7.89. The van der Waals surface area contributed by atoms with Gasteiger partial charge in [0.15, 0.2) is 0 Å². The monoisotopic (exact) mass is 489 g/mol. The van der Waals surface area contributed by atoms with Gasteiger partial charge in [-0.2, -0.15) is 4.31 Å². The molecule has 2 aliphatic rings. The van der Waals surface area contributed by atoms with Crippen LogP contribution in [0.4, 0.5) is 5.69 Å². The fraction of sp³-hybridized carbons (Fsp3) is 0.417. The molecule has 0 aliphatic carbocycles. The van der Waals surface area contributed by atoms with Crippen molar-refractivity contribution in [1.82, 2.24) is 9.62 Å². The molecule has 9 heteroatoms. The molecule has 7 nitrogen and oxygen atoms in total. The first-order chi connectivity index (χ1) is 15.8. The van der Waals surface area contributed by atoms with E-state index < -0.39 is 16.1 Å². The molecule has 33 heavy (non-hydrogen) atoms. The topological polar surface area (TPSA) is 86.8 Å². The molecule has 2 aromatic rings. The Labute approximate surface area is 199 Å². The van der Waals surface area contributed by atoms with E-state index in [0.29, 0.717) is 29.4 Å². The van der Waals surface area contributed by atoms with Crippen molar-refractivity contribution in [3.8, 4) is 0 Å². The van der Waals surface area contributed by atoms with Gasteiger partial charge in [0.05, 0.1) is 4.90 Å². The first kappa shape index (κ1) is 23.7. The second-order valence-electron chi connectivity index (χ2n) is 8.44. The van der Waals surface area contributed by atoms with Crippen molar-refractivity contribution in [3.05, 3.63) is 58.6 Å². The standard InChI is InChI=1S/C24H28ClN3O4S/c1-2-23(29)28-21-10-9-20(33(31,32)27-11-4-3-5-12-27)14-18(21)15-22(28)24(30)26-16-17-7-6-8-19(25)13-17/h6-10,13-14,22H,2-5,11-12,15-16H2,1H3,(H,26,30)/t22-/m0/s1. The molecule has 0 saturated carbocycles. The lowest BCUT2D eigenvalue weighted by atomic mass is 10.1. The fourth-order valence-corrected chi connectivity index (χ4v) is 6.27. The number of anilines is 1. The summed E-state index contributed by atoms with van der Waals surface area (Å²) in [6, 6.07) is 11.3. The van der Waals surface area contributed by atoms with E-state index in [0.717, 1.165) is 24.8 Å². The summed E-state index contributed by atoms with van der Waals surface area (Å²) in [6.45, 7) is 3.08. The van der Waals surface area contributed by atoms with Gasteiger partial charge in [0, 0.05) is 43.2 Å². The largest absolute Gasteiger partial charge is 0.350 e. The van der Waals surface area contributed by atoms with Crippen molar-refractivity contribution in [1.29, 1.82) is 0 Å². The van der Waals surface area contributed by atoms with E-state index in [1.165, 1.54) is 9.21 Å². The lowest BCUT2D eigenvalue weighted by molar-refractivity contribution is -0.126. The summed E-state index contributed by atoms with van der Waals surface area (Å²) in [4.78, 5) is 27.5. The molecular formula is C24H28ClN3O4S. The van der Waals surface area contributed by atoms with Crippen LogP contribution < -0.4 is 10.2 Å². The molecule has 4 rings (SSSR count). The molecule has 2 aromatic carbocycles. The predicted octanol–water partition coefficient (Wildman–Crippen LogP) is 3.50. The number of sulfonamides is 1. The van der Waals surface area contributed by atoms with Gasteiger partial charge in [0.2, 0.25) is 21.8 Å². The Morgan fingerprint density at radius 3 is 2.55 bits per heavy atom. The summed E-state index contributed by atoms with van der Waals surface area (Å²) in [5, 5.41) is 3.47. The van der Waals surface area contributed by atoms with Crippen LogP contribution in [0, 0.1) is 0 Å². The van der Waals surface area contributed by atoms with E-state index in [4.69, 9.17) is 11.6 Å². The minimum absolute atomic E-state index is 0.178. The molecule has 0 radical (unpaired) electrons. The van der Waals surface area contributed by atoms with Crippen LogP contribution in [0.3, 0.4) is 0 Å². The fourth-order valence-electron chi connectivity index (χ4n) is 4.49. The molecule has 2 amide bonds. The van der Waals surface area contributed by atoms with Crippen LogP contribution in [0.1, 0.15) is 43.7 Å². The molecule has 0 aromatic heterocycles. The lowest BCUT2D eigenvalue weighted by Gasteiger charge is -2.26. The Morgan fingerprint density at radius 1 is 1.09 bits per heavy atom. The number of hydrogen-bond donors (Lipinski definition) is 1. The third-order valence-electron chi connectivity index (χ3n) is 6.22. The van der Waals surface area contributed by atoms with Crippen LogP contribution in [-0.4, -0.2) is 43.7 Å². The molecule has 1 atom stereocenters. The number of nitrogens with one attached hydrogen (secondary N) is 1. The minimum Gasteiger partial charge on any atom is -0.350 e. The van der Waals surface area contributed by atoms with Gasteiger partial charge in [0.1, 0.15) is 6.04 Å². The normalized spacial score (nSPS) is 18.7. The summed E-state index contributed by atoms with van der Waals surface area (Å²) < 4.78 is 27.8. The predicted molar refractivity (Wildman–Crippen MR) is 128 cm³/mol. The number of halogens is 1. The van der Waals surface area contributed by atoms with Crippen LogP contribution in [-0.2, 0) is 32.6 Å². The SMILES string of the molecule is CCC(=O)N1c2ccc(S(=O)(=O)N3CCCCC3)cc2C[C@H]1C(=O)NCc1cccc(Cl)c1. The van der Waals surface area contributed by atoms with Crippen LogP contribution in [0.5, 0.6) is 0 Å². The molecule has 1 fully saturated rings. The Bertz CT molecular complexity index is 1160. The number of amides is 2. The summed E-state index contributed by atoms with van der Waals surface area (Å²) >= 11 is 6.02. The number of benzene rings is 2. The molecule has 0 bridgehead atoms. The van der Waals surface area contributed by atoms with Crippen LogP contribution in [0.15, 0.2) is 47.4 Å². The zero-order valence-corrected chi connectivity index (χ0v) is 20.2. The molecule has 1 saturated heterocycles. The van der Waals surface area contributed by atoms with Crippen molar-refractivity contribution in [2.75, 3.05) is 18.0 Å². The zero-order chi connectivity index (χ0) is 23.6. The molecular weight excluding hydrogens is 462 g/mol. The number of rotatable bonds is 6. The van der Waals surface area contributed by atoms with Crippen LogP contribution in [0.2, 0.25) is 5.02 Å². The smallest absolute Gasteiger partial charge is 0.243 e. The number of fused-ring (bicyclic) bond motifs is 1. The van der Waals surface area contributed by atoms with Gasteiger partial charge in [0.25, 0.3) is 0 Å². The first-order valence-electron chi connectivity index (χ1n) is 11.3. The highest BCUT2D eigenvalue weighted by atomic mass is 35.5. The van der Waals surface area contributed by atoms with Gasteiger partial charge >= 0.3 is 0 Å². The van der Waals surface area contributed by atoms with Gasteiger partial charge in [-0.05, 0) is 54.3 Å². The molecule has 0 unspecified atom stereocenters. The summed E-state index contributed by atoms with van der Waals surface area (Å²) in [5.74, 6) is -0.461. The average Bonchev–Trinajstić information content (AvgIpc) is 3.21. The van der Waals surface area contributed by atoms with E-state index in [1.54, 1.807) is 37.3 Å². The van der Waals surface area contributed by atoms with E-state index in [1.807, 2.05) is 12.1 Å². The second kappa shape index (κ2) is 9.83. The molecule has 0 spiro atoms. The number of piperidine rings is 1. The van der Waals surface area contributed by atoms with E-state index >= 15 is 0 Å². The van der Waals surface area contributed by atoms with E-state index in [9.17, 15) is 18.0 Å². The van der Waals surface area contributed by atoms with Crippen molar-refractivity contribution >= 4 is 39.1 Å².